The number of ether oxygens (including phenoxy) is 3. The number of nitrogens with one attached hydrogen (secondary N) is 2. The smallest absolute Gasteiger partial charge is 0.266 e. The average molecular weight is 676 g/mol. The van der Waals surface area contributed by atoms with Crippen molar-refractivity contribution in [2.24, 2.45) is 10.1 Å². The van der Waals surface area contributed by atoms with Gasteiger partial charge >= 0.3 is 0 Å². The number of hydrogen-bond acceptors (Lipinski definition) is 8. The molecular weight excluding hydrogens is 643 g/mol. The summed E-state index contributed by atoms with van der Waals surface area (Å²) in [6.45, 7) is 0.600. The molecule has 242 valence electrons. The quantitative estimate of drug-likeness (QED) is 0.0430. The maximum absolute atomic E-state index is 14.5. The van der Waals surface area contributed by atoms with Crippen LogP contribution in [0.5, 0.6) is 11.5 Å². The first-order valence-corrected chi connectivity index (χ1v) is 15.5. The van der Waals surface area contributed by atoms with Gasteiger partial charge in [0.25, 0.3) is 5.91 Å². The first-order valence-electron chi connectivity index (χ1n) is 14.7. The summed E-state index contributed by atoms with van der Waals surface area (Å²) in [6.07, 6.45) is -0.397. The van der Waals surface area contributed by atoms with Crippen molar-refractivity contribution in [2.45, 2.75) is 31.0 Å². The van der Waals surface area contributed by atoms with Crippen LogP contribution in [-0.2, 0) is 22.5 Å². The van der Waals surface area contributed by atoms with Gasteiger partial charge in [0.1, 0.15) is 11.5 Å². The zero-order valence-corrected chi connectivity index (χ0v) is 26.9. The Kier molecular flexibility index (Phi) is 11.2. The topological polar surface area (TPSA) is 150 Å². The number of rotatable bonds is 14. The molecule has 0 aromatic heterocycles. The molecule has 3 N–H and O–H groups in total. The highest BCUT2D eigenvalue weighted by Gasteiger charge is 2.53. The summed E-state index contributed by atoms with van der Waals surface area (Å²) in [5.74, 6) is 0.924. The van der Waals surface area contributed by atoms with Crippen molar-refractivity contribution in [2.75, 3.05) is 20.3 Å². The molecule has 1 amide bonds. The molecule has 0 bridgehead atoms. The van der Waals surface area contributed by atoms with E-state index in [-0.39, 0.29) is 25.5 Å². The van der Waals surface area contributed by atoms with Crippen LogP contribution in [0.25, 0.3) is 10.4 Å². The van der Waals surface area contributed by atoms with Gasteiger partial charge in [-0.1, -0.05) is 70.8 Å². The number of methoxy groups -OCH3 is 1. The molecule has 1 heterocycles. The molecule has 4 aromatic rings. The lowest BCUT2D eigenvalue weighted by molar-refractivity contribution is -0.130. The first kappa shape index (κ1) is 33.6. The lowest BCUT2D eigenvalue weighted by Gasteiger charge is -2.31. The van der Waals surface area contributed by atoms with Crippen molar-refractivity contribution in [1.29, 1.82) is 0 Å². The zero-order valence-electron chi connectivity index (χ0n) is 25.4. The summed E-state index contributed by atoms with van der Waals surface area (Å²) in [6, 6.07) is 26.5. The third-order valence-corrected chi connectivity index (χ3v) is 8.11. The fourth-order valence-corrected chi connectivity index (χ4v) is 5.65. The number of amides is 1. The average Bonchev–Trinajstić information content (AvgIpc) is 3.47. The van der Waals surface area contributed by atoms with Crippen LogP contribution < -0.4 is 20.3 Å². The number of aliphatic hydroxyl groups excluding tert-OH is 1. The molecular formula is C34H32Cl2N6O5. The SMILES string of the molecule is COc1cccc([C@@H]2OC(c3ccc(OCCCO)cc3)=N[C@]2(Cc2ccccc2N=[N+]=[N-])C(=O)NNCc2ccc(Cl)cc2Cl)c1. The Labute approximate surface area is 281 Å². The van der Waals surface area contributed by atoms with E-state index in [1.165, 1.54) is 0 Å². The molecule has 0 spiro atoms. The van der Waals surface area contributed by atoms with E-state index < -0.39 is 17.6 Å². The van der Waals surface area contributed by atoms with Crippen molar-refractivity contribution < 1.29 is 24.1 Å². The Morgan fingerprint density at radius 2 is 1.85 bits per heavy atom. The van der Waals surface area contributed by atoms with Crippen LogP contribution in [-0.4, -0.2) is 42.8 Å². The fourth-order valence-electron chi connectivity index (χ4n) is 5.18. The maximum atomic E-state index is 14.5. The number of nitrogens with zero attached hydrogens (tertiary/aromatic N) is 4. The molecule has 5 rings (SSSR count). The van der Waals surface area contributed by atoms with E-state index >= 15 is 0 Å². The molecule has 0 fully saturated rings. The van der Waals surface area contributed by atoms with E-state index in [1.807, 2.05) is 12.1 Å². The standard InChI is InChI=1S/C34H32Cl2N6O5/c1-45-28-8-4-7-23(18-28)31-34(20-24-6-2-3-9-30(24)40-42-37,33(44)41-38-21-25-10-13-26(35)19-29(25)36)39-32(47-31)22-11-14-27(15-12-22)46-17-5-16-43/h2-4,6-15,18-19,31,38,43H,5,16-17,20-21H2,1H3,(H,41,44)/t31-,34-/m0/s1. The van der Waals surface area contributed by atoms with Crippen LogP contribution in [0.3, 0.4) is 0 Å². The van der Waals surface area contributed by atoms with Crippen LogP contribution in [0.15, 0.2) is 101 Å². The van der Waals surface area contributed by atoms with E-state index in [9.17, 15) is 10.3 Å². The second-order valence-corrected chi connectivity index (χ2v) is 11.4. The number of hydrogen-bond donors (Lipinski definition) is 3. The summed E-state index contributed by atoms with van der Waals surface area (Å²) in [5.41, 5.74) is 16.4. The minimum atomic E-state index is -1.59. The second-order valence-electron chi connectivity index (χ2n) is 10.6. The van der Waals surface area contributed by atoms with Gasteiger partial charge in [-0.15, -0.1) is 0 Å². The Balaban J connectivity index is 1.57. The molecule has 47 heavy (non-hydrogen) atoms. The molecule has 2 atom stereocenters. The number of benzene rings is 4. The third-order valence-electron chi connectivity index (χ3n) is 7.53. The number of aliphatic imine (C=N–C) groups is 1. The molecule has 0 radical (unpaired) electrons. The van der Waals surface area contributed by atoms with Crippen molar-refractivity contribution >= 4 is 40.7 Å². The van der Waals surface area contributed by atoms with Crippen molar-refractivity contribution in [3.05, 3.63) is 134 Å². The summed E-state index contributed by atoms with van der Waals surface area (Å²) in [4.78, 5) is 22.5. The van der Waals surface area contributed by atoms with Gasteiger partial charge in [0.15, 0.2) is 11.6 Å². The summed E-state index contributed by atoms with van der Waals surface area (Å²) in [7, 11) is 1.56. The highest BCUT2D eigenvalue weighted by Crippen LogP contribution is 2.44. The Bertz CT molecular complexity index is 1800. The van der Waals surface area contributed by atoms with Gasteiger partial charge in [-0.25, -0.2) is 10.4 Å². The monoisotopic (exact) mass is 674 g/mol. The molecule has 11 nitrogen and oxygen atoms in total. The second kappa shape index (κ2) is 15.7. The van der Waals surface area contributed by atoms with E-state index in [0.717, 1.165) is 5.56 Å². The highest BCUT2D eigenvalue weighted by molar-refractivity contribution is 6.35. The normalized spacial score (nSPS) is 16.9. The highest BCUT2D eigenvalue weighted by atomic mass is 35.5. The summed E-state index contributed by atoms with van der Waals surface area (Å²) < 4.78 is 17.8. The number of azide groups is 1. The van der Waals surface area contributed by atoms with Crippen LogP contribution in [0.4, 0.5) is 5.69 Å². The van der Waals surface area contributed by atoms with Gasteiger partial charge in [-0.2, -0.15) is 0 Å². The Hall–Kier alpha value is -4.77. The maximum Gasteiger partial charge on any atom is 0.266 e. The Morgan fingerprint density at radius 3 is 2.60 bits per heavy atom. The molecule has 13 heteroatoms. The lowest BCUT2D eigenvalue weighted by atomic mass is 9.81. The number of carbonyl (C=O) groups is 1. The molecule has 4 aromatic carbocycles. The van der Waals surface area contributed by atoms with Crippen LogP contribution in [0.2, 0.25) is 10.0 Å². The van der Waals surface area contributed by atoms with Gasteiger partial charge in [0.05, 0.1) is 13.7 Å². The van der Waals surface area contributed by atoms with Crippen molar-refractivity contribution in [3.8, 4) is 11.5 Å². The minimum absolute atomic E-state index is 0.0190. The van der Waals surface area contributed by atoms with Gasteiger partial charge in [-0.3, -0.25) is 10.2 Å². The van der Waals surface area contributed by atoms with Crippen LogP contribution in [0.1, 0.15) is 34.8 Å². The van der Waals surface area contributed by atoms with Gasteiger partial charge in [0, 0.05) is 52.2 Å². The molecule has 0 aliphatic carbocycles. The predicted molar refractivity (Wildman–Crippen MR) is 180 cm³/mol. The molecule has 0 saturated carbocycles. The molecule has 1 aliphatic rings. The van der Waals surface area contributed by atoms with Gasteiger partial charge in [0.2, 0.25) is 5.90 Å². The molecule has 0 unspecified atom stereocenters. The summed E-state index contributed by atoms with van der Waals surface area (Å²) in [5, 5.41) is 13.9. The largest absolute Gasteiger partial charge is 0.497 e. The zero-order chi connectivity index (χ0) is 33.2. The number of hydrazine groups is 1. The lowest BCUT2D eigenvalue weighted by Crippen LogP contribution is -2.53. The van der Waals surface area contributed by atoms with Gasteiger partial charge < -0.3 is 19.3 Å². The van der Waals surface area contributed by atoms with Crippen LogP contribution >= 0.6 is 23.2 Å². The Morgan fingerprint density at radius 1 is 1.04 bits per heavy atom. The minimum Gasteiger partial charge on any atom is -0.497 e. The first-order chi connectivity index (χ1) is 22.9. The summed E-state index contributed by atoms with van der Waals surface area (Å²) >= 11 is 12.4. The van der Waals surface area contributed by atoms with Gasteiger partial charge in [-0.05, 0) is 70.8 Å². The number of halogens is 2. The number of aliphatic hydroxyl groups is 1. The van der Waals surface area contributed by atoms with E-state index in [2.05, 4.69) is 20.9 Å². The third kappa shape index (κ3) is 7.97. The van der Waals surface area contributed by atoms with E-state index in [0.29, 0.717) is 56.9 Å². The molecule has 1 aliphatic heterocycles. The van der Waals surface area contributed by atoms with E-state index in [4.69, 9.17) is 47.5 Å². The molecule has 0 saturated heterocycles. The number of carbonyl (C=O) groups excluding carboxylic acids is 1. The van der Waals surface area contributed by atoms with Crippen molar-refractivity contribution in [1.82, 2.24) is 10.9 Å². The van der Waals surface area contributed by atoms with Crippen LogP contribution in [0, 0.1) is 0 Å². The predicted octanol–water partition coefficient (Wildman–Crippen LogP) is 7.03. The van der Waals surface area contributed by atoms with E-state index in [1.54, 1.807) is 86.0 Å². The fraction of sp³-hybridized carbons (Fsp3) is 0.235. The van der Waals surface area contributed by atoms with Crippen molar-refractivity contribution in [3.63, 3.8) is 0 Å².